The number of carbonyl (C=O) groups is 2. The van der Waals surface area contributed by atoms with Crippen LogP contribution in [0, 0.1) is 0 Å². The Morgan fingerprint density at radius 1 is 1.38 bits per heavy atom. The summed E-state index contributed by atoms with van der Waals surface area (Å²) in [5.41, 5.74) is -0.899. The number of carbonyl (C=O) groups excluding carboxylic acids is 2. The zero-order valence-electron chi connectivity index (χ0n) is 10.9. The van der Waals surface area contributed by atoms with Gasteiger partial charge in [-0.05, 0) is 24.1 Å². The molecular weight excluding hydrogens is 311 g/mol. The molecule has 1 amide bonds. The monoisotopic (exact) mass is 321 g/mol. The first kappa shape index (κ1) is 15.6. The van der Waals surface area contributed by atoms with Crippen LogP contribution in [0.2, 0.25) is 5.02 Å². The summed E-state index contributed by atoms with van der Waals surface area (Å²) in [6.07, 6.45) is -4.70. The van der Waals surface area contributed by atoms with Crippen LogP contribution in [0.3, 0.4) is 0 Å². The lowest BCUT2D eigenvalue weighted by Gasteiger charge is -2.31. The van der Waals surface area contributed by atoms with Gasteiger partial charge in [-0.25, -0.2) is 0 Å². The third-order valence-corrected chi connectivity index (χ3v) is 3.38. The lowest BCUT2D eigenvalue weighted by atomic mass is 10.0. The number of esters is 1. The first-order valence-corrected chi connectivity index (χ1v) is 6.40. The van der Waals surface area contributed by atoms with E-state index < -0.39 is 23.8 Å². The minimum Gasteiger partial charge on any atom is -0.435 e. The lowest BCUT2D eigenvalue weighted by Crippen LogP contribution is -2.51. The maximum atomic E-state index is 12.5. The molecule has 0 saturated heterocycles. The van der Waals surface area contributed by atoms with Crippen molar-refractivity contribution in [3.63, 3.8) is 0 Å². The number of amides is 1. The quantitative estimate of drug-likeness (QED) is 0.673. The average molecular weight is 322 g/mol. The molecule has 1 aromatic carbocycles. The number of hydrogen-bond donors (Lipinski definition) is 1. The molecule has 4 nitrogen and oxygen atoms in total. The van der Waals surface area contributed by atoms with Gasteiger partial charge in [-0.3, -0.25) is 9.59 Å². The lowest BCUT2D eigenvalue weighted by molar-refractivity contribution is -0.188. The number of nitrogens with one attached hydrogen (secondary N) is 1. The molecule has 8 heteroatoms. The number of rotatable bonds is 2. The molecule has 0 radical (unpaired) electrons. The first-order valence-electron chi connectivity index (χ1n) is 6.02. The number of halogens is 4. The number of hydrogen-bond acceptors (Lipinski definition) is 3. The topological polar surface area (TPSA) is 55.4 Å². The number of ether oxygens (including phenoxy) is 1. The predicted octanol–water partition coefficient (Wildman–Crippen LogP) is 2.68. The zero-order chi connectivity index (χ0) is 15.8. The predicted molar refractivity (Wildman–Crippen MR) is 67.4 cm³/mol. The van der Waals surface area contributed by atoms with Crippen molar-refractivity contribution in [3.8, 4) is 0 Å². The molecule has 0 aliphatic heterocycles. The standard InChI is InChI=1S/C13H11ClF3NO3/c1-7(19)21-12(18-11(20)13(15,16)17)5-4-8-2-3-9(14)6-10(8)12/h2-3,6H,4-5H2,1H3,(H,18,20)/t12-/m1/s1. The van der Waals surface area contributed by atoms with Gasteiger partial charge in [0.25, 0.3) is 0 Å². The maximum Gasteiger partial charge on any atom is 0.471 e. The largest absolute Gasteiger partial charge is 0.471 e. The van der Waals surface area contributed by atoms with Gasteiger partial charge in [-0.2, -0.15) is 13.2 Å². The van der Waals surface area contributed by atoms with Crippen LogP contribution in [-0.2, 0) is 26.5 Å². The van der Waals surface area contributed by atoms with Crippen molar-refractivity contribution in [2.24, 2.45) is 0 Å². The average Bonchev–Trinajstić information content (AvgIpc) is 2.66. The van der Waals surface area contributed by atoms with E-state index in [0.29, 0.717) is 12.0 Å². The minimum atomic E-state index is -5.07. The fourth-order valence-corrected chi connectivity index (χ4v) is 2.52. The third kappa shape index (κ3) is 3.12. The molecule has 0 unspecified atom stereocenters. The molecule has 1 N–H and O–H groups in total. The molecule has 1 aromatic rings. The van der Waals surface area contributed by atoms with E-state index in [-0.39, 0.29) is 17.0 Å². The second kappa shape index (κ2) is 5.22. The van der Waals surface area contributed by atoms with Crippen LogP contribution in [-0.4, -0.2) is 18.1 Å². The van der Waals surface area contributed by atoms with Crippen molar-refractivity contribution in [2.45, 2.75) is 31.7 Å². The van der Waals surface area contributed by atoms with Crippen molar-refractivity contribution in [1.29, 1.82) is 0 Å². The molecule has 1 aliphatic carbocycles. The summed E-state index contributed by atoms with van der Waals surface area (Å²) in [5, 5.41) is 2.05. The highest BCUT2D eigenvalue weighted by molar-refractivity contribution is 6.30. The number of aryl methyl sites for hydroxylation is 1. The molecule has 2 rings (SSSR count). The van der Waals surface area contributed by atoms with Gasteiger partial charge >= 0.3 is 18.1 Å². The van der Waals surface area contributed by atoms with Gasteiger partial charge in [0.05, 0.1) is 0 Å². The van der Waals surface area contributed by atoms with Crippen molar-refractivity contribution in [3.05, 3.63) is 34.3 Å². The van der Waals surface area contributed by atoms with E-state index in [1.165, 1.54) is 6.07 Å². The second-order valence-electron chi connectivity index (χ2n) is 4.67. The molecule has 0 bridgehead atoms. The molecule has 0 fully saturated rings. The Kier molecular flexibility index (Phi) is 3.88. The van der Waals surface area contributed by atoms with Gasteiger partial charge in [-0.15, -0.1) is 0 Å². The Bertz CT molecular complexity index is 603. The van der Waals surface area contributed by atoms with Crippen LogP contribution in [0.15, 0.2) is 18.2 Å². The van der Waals surface area contributed by atoms with Crippen LogP contribution in [0.4, 0.5) is 13.2 Å². The van der Waals surface area contributed by atoms with Crippen molar-refractivity contribution in [2.75, 3.05) is 0 Å². The Morgan fingerprint density at radius 2 is 2.05 bits per heavy atom. The summed E-state index contributed by atoms with van der Waals surface area (Å²) in [4.78, 5) is 22.5. The molecule has 114 valence electrons. The summed E-state index contributed by atoms with van der Waals surface area (Å²) in [6, 6.07) is 4.60. The number of benzene rings is 1. The molecule has 21 heavy (non-hydrogen) atoms. The normalized spacial score (nSPS) is 20.8. The van der Waals surface area contributed by atoms with E-state index in [9.17, 15) is 22.8 Å². The van der Waals surface area contributed by atoms with E-state index in [1.54, 1.807) is 17.4 Å². The van der Waals surface area contributed by atoms with Crippen molar-refractivity contribution in [1.82, 2.24) is 5.32 Å². The first-order chi connectivity index (χ1) is 9.64. The van der Waals surface area contributed by atoms with Gasteiger partial charge in [0.2, 0.25) is 5.72 Å². The van der Waals surface area contributed by atoms with Crippen molar-refractivity contribution < 1.29 is 27.5 Å². The van der Waals surface area contributed by atoms with E-state index in [4.69, 9.17) is 16.3 Å². The summed E-state index contributed by atoms with van der Waals surface area (Å²) in [7, 11) is 0. The Hall–Kier alpha value is -1.76. The van der Waals surface area contributed by atoms with E-state index >= 15 is 0 Å². The fourth-order valence-electron chi connectivity index (χ4n) is 2.35. The van der Waals surface area contributed by atoms with Crippen LogP contribution in [0.5, 0.6) is 0 Å². The van der Waals surface area contributed by atoms with Crippen molar-refractivity contribution >= 4 is 23.5 Å². The van der Waals surface area contributed by atoms with Crippen LogP contribution >= 0.6 is 11.6 Å². The van der Waals surface area contributed by atoms with Crippen LogP contribution in [0.25, 0.3) is 0 Å². The van der Waals surface area contributed by atoms with Gasteiger partial charge in [-0.1, -0.05) is 17.7 Å². The molecular formula is C13H11ClF3NO3. The summed E-state index contributed by atoms with van der Waals surface area (Å²) in [6.45, 7) is 1.06. The Morgan fingerprint density at radius 3 is 2.62 bits per heavy atom. The van der Waals surface area contributed by atoms with Gasteiger partial charge in [0.1, 0.15) is 0 Å². The minimum absolute atomic E-state index is 0.0179. The summed E-state index contributed by atoms with van der Waals surface area (Å²) < 4.78 is 42.5. The molecule has 1 aliphatic rings. The Balaban J connectivity index is 2.44. The van der Waals surface area contributed by atoms with Crippen LogP contribution < -0.4 is 5.32 Å². The molecule has 0 saturated carbocycles. The number of alkyl halides is 3. The smallest absolute Gasteiger partial charge is 0.435 e. The number of fused-ring (bicyclic) bond motifs is 1. The van der Waals surface area contributed by atoms with Gasteiger partial charge < -0.3 is 10.1 Å². The fraction of sp³-hybridized carbons (Fsp3) is 0.385. The third-order valence-electron chi connectivity index (χ3n) is 3.14. The van der Waals surface area contributed by atoms with E-state index in [2.05, 4.69) is 0 Å². The maximum absolute atomic E-state index is 12.5. The van der Waals surface area contributed by atoms with E-state index in [1.807, 2.05) is 0 Å². The zero-order valence-corrected chi connectivity index (χ0v) is 11.6. The van der Waals surface area contributed by atoms with E-state index in [0.717, 1.165) is 6.92 Å². The molecule has 0 heterocycles. The second-order valence-corrected chi connectivity index (χ2v) is 5.11. The highest BCUT2D eigenvalue weighted by atomic mass is 35.5. The highest BCUT2D eigenvalue weighted by Gasteiger charge is 2.49. The summed E-state index contributed by atoms with van der Waals surface area (Å²) >= 11 is 5.84. The van der Waals surface area contributed by atoms with Gasteiger partial charge in [0, 0.05) is 23.9 Å². The highest BCUT2D eigenvalue weighted by Crippen LogP contribution is 2.40. The molecule has 1 atom stereocenters. The molecule has 0 aromatic heterocycles. The van der Waals surface area contributed by atoms with Crippen LogP contribution in [0.1, 0.15) is 24.5 Å². The van der Waals surface area contributed by atoms with Gasteiger partial charge in [0.15, 0.2) is 0 Å². The SMILES string of the molecule is CC(=O)O[C@]1(NC(=O)C(F)(F)F)CCc2ccc(Cl)cc21. The Labute approximate surface area is 123 Å². The molecule has 0 spiro atoms. The summed E-state index contributed by atoms with van der Waals surface area (Å²) in [5.74, 6) is -2.97.